The predicted octanol–water partition coefficient (Wildman–Crippen LogP) is 6.28. The van der Waals surface area contributed by atoms with Gasteiger partial charge in [0.05, 0.1) is 5.92 Å². The molecule has 32 heavy (non-hydrogen) atoms. The van der Waals surface area contributed by atoms with Crippen molar-refractivity contribution in [3.63, 3.8) is 0 Å². The minimum atomic E-state index is -0.146. The van der Waals surface area contributed by atoms with Crippen LogP contribution < -0.4 is 9.64 Å². The van der Waals surface area contributed by atoms with Crippen molar-refractivity contribution in [1.29, 1.82) is 0 Å². The Morgan fingerprint density at radius 3 is 2.22 bits per heavy atom. The summed E-state index contributed by atoms with van der Waals surface area (Å²) in [5.74, 6) is 0.996. The molecule has 1 saturated carbocycles. The normalized spacial score (nSPS) is 23.8. The highest BCUT2D eigenvalue weighted by atomic mass is 16.5. The summed E-state index contributed by atoms with van der Waals surface area (Å²) in [5.41, 5.74) is 4.70. The quantitative estimate of drug-likeness (QED) is 0.345. The van der Waals surface area contributed by atoms with Gasteiger partial charge in [0.15, 0.2) is 0 Å². The summed E-state index contributed by atoms with van der Waals surface area (Å²) in [7, 11) is 0. The first-order valence-electron chi connectivity index (χ1n) is 11.6. The van der Waals surface area contributed by atoms with Crippen LogP contribution in [0.25, 0.3) is 6.08 Å². The highest BCUT2D eigenvalue weighted by Gasteiger charge is 2.57. The molecule has 1 aliphatic heterocycles. The third-order valence-corrected chi connectivity index (χ3v) is 7.07. The van der Waals surface area contributed by atoms with Gasteiger partial charge in [0.2, 0.25) is 0 Å². The Balaban J connectivity index is 1.53. The van der Waals surface area contributed by atoms with Gasteiger partial charge in [-0.15, -0.1) is 0 Å². The minimum absolute atomic E-state index is 0.103. The van der Waals surface area contributed by atoms with Gasteiger partial charge in [-0.25, -0.2) is 0 Å². The van der Waals surface area contributed by atoms with Crippen LogP contribution in [0, 0.1) is 11.8 Å². The molecule has 0 unspecified atom stereocenters. The zero-order chi connectivity index (χ0) is 22.1. The number of carbonyl (C=O) groups is 1. The highest BCUT2D eigenvalue weighted by Crippen LogP contribution is 2.62. The lowest BCUT2D eigenvalue weighted by Crippen LogP contribution is -2.50. The van der Waals surface area contributed by atoms with E-state index in [1.807, 2.05) is 30.3 Å². The molecule has 0 radical (unpaired) electrons. The van der Waals surface area contributed by atoms with Gasteiger partial charge in [-0.1, -0.05) is 78.9 Å². The summed E-state index contributed by atoms with van der Waals surface area (Å²) in [5, 5.41) is 0. The number of anilines is 1. The molecular formula is C29H29NO2. The number of hydrogen-bond donors (Lipinski definition) is 0. The lowest BCUT2D eigenvalue weighted by molar-refractivity contribution is -0.148. The van der Waals surface area contributed by atoms with Crippen molar-refractivity contribution in [2.24, 2.45) is 11.8 Å². The molecular weight excluding hydrogens is 394 g/mol. The van der Waals surface area contributed by atoms with Gasteiger partial charge < -0.3 is 9.64 Å². The maximum atomic E-state index is 13.2. The molecule has 1 heterocycles. The zero-order valence-electron chi connectivity index (χ0n) is 18.6. The van der Waals surface area contributed by atoms with E-state index in [-0.39, 0.29) is 29.6 Å². The average Bonchev–Trinajstić information content (AvgIpc) is 2.81. The van der Waals surface area contributed by atoms with E-state index < -0.39 is 0 Å². The molecule has 3 aromatic carbocycles. The number of benzene rings is 3. The van der Waals surface area contributed by atoms with Crippen LogP contribution >= 0.6 is 0 Å². The monoisotopic (exact) mass is 423 g/mol. The second-order valence-electron chi connectivity index (χ2n) is 8.65. The molecule has 1 aliphatic carbocycles. The van der Waals surface area contributed by atoms with Crippen LogP contribution in [0.4, 0.5) is 5.69 Å². The Hall–Kier alpha value is -3.33. The molecule has 0 saturated heterocycles. The molecule has 0 bridgehead atoms. The van der Waals surface area contributed by atoms with Crippen LogP contribution in [-0.2, 0) is 4.79 Å². The fourth-order valence-corrected chi connectivity index (χ4v) is 5.45. The van der Waals surface area contributed by atoms with Crippen LogP contribution in [0.3, 0.4) is 0 Å². The molecule has 3 heteroatoms. The first-order chi connectivity index (χ1) is 15.7. The molecule has 1 fully saturated rings. The van der Waals surface area contributed by atoms with Crippen LogP contribution in [0.1, 0.15) is 42.4 Å². The molecule has 0 N–H and O–H groups in total. The molecule has 3 aromatic rings. The standard InChI is InChI=1S/C29H29NO2/c1-3-30(4-2)22-16-18-23-25(19-22)32-29(31)28-24(17-15-20-11-7-5-8-12-20)26(27(23)28)21-13-9-6-10-14-21/h5-19,24,26-28H,3-4H2,1-2H3/b17-15+/t24-,26+,27-,28-/m0/s1. The fourth-order valence-electron chi connectivity index (χ4n) is 5.45. The summed E-state index contributed by atoms with van der Waals surface area (Å²) >= 11 is 0. The van der Waals surface area contributed by atoms with E-state index in [9.17, 15) is 4.79 Å². The third kappa shape index (κ3) is 3.52. The van der Waals surface area contributed by atoms with E-state index in [1.54, 1.807) is 0 Å². The largest absolute Gasteiger partial charge is 0.426 e. The minimum Gasteiger partial charge on any atom is -0.426 e. The van der Waals surface area contributed by atoms with Crippen molar-refractivity contribution in [2.75, 3.05) is 18.0 Å². The molecule has 0 amide bonds. The molecule has 2 aliphatic rings. The topological polar surface area (TPSA) is 29.5 Å². The van der Waals surface area contributed by atoms with Gasteiger partial charge in [-0.2, -0.15) is 0 Å². The number of esters is 1. The molecule has 4 atom stereocenters. The van der Waals surface area contributed by atoms with Crippen molar-refractivity contribution < 1.29 is 9.53 Å². The van der Waals surface area contributed by atoms with E-state index in [0.29, 0.717) is 0 Å². The molecule has 0 spiro atoms. The fraction of sp³-hybridized carbons (Fsp3) is 0.276. The Labute approximate surface area is 190 Å². The van der Waals surface area contributed by atoms with Gasteiger partial charge in [0, 0.05) is 30.8 Å². The maximum Gasteiger partial charge on any atom is 0.315 e. The Morgan fingerprint density at radius 2 is 1.53 bits per heavy atom. The number of carbonyl (C=O) groups excluding carboxylic acids is 1. The van der Waals surface area contributed by atoms with Crippen molar-refractivity contribution in [2.45, 2.75) is 25.7 Å². The summed E-state index contributed by atoms with van der Waals surface area (Å²) in [6.07, 6.45) is 4.35. The second-order valence-corrected chi connectivity index (χ2v) is 8.65. The van der Waals surface area contributed by atoms with Crippen LogP contribution in [0.5, 0.6) is 5.75 Å². The van der Waals surface area contributed by atoms with Crippen LogP contribution in [0.2, 0.25) is 0 Å². The van der Waals surface area contributed by atoms with E-state index in [4.69, 9.17) is 4.74 Å². The molecule has 3 nitrogen and oxygen atoms in total. The first-order valence-corrected chi connectivity index (χ1v) is 11.6. The molecule has 5 rings (SSSR count). The number of rotatable bonds is 6. The number of nitrogens with zero attached hydrogens (tertiary/aromatic N) is 1. The lowest BCUT2D eigenvalue weighted by Gasteiger charge is -2.52. The Morgan fingerprint density at radius 1 is 0.844 bits per heavy atom. The van der Waals surface area contributed by atoms with E-state index in [1.165, 1.54) is 5.56 Å². The van der Waals surface area contributed by atoms with Crippen molar-refractivity contribution in [3.05, 3.63) is 102 Å². The average molecular weight is 424 g/mol. The van der Waals surface area contributed by atoms with Crippen molar-refractivity contribution in [1.82, 2.24) is 0 Å². The summed E-state index contributed by atoms with van der Waals surface area (Å²) in [6.45, 7) is 6.14. The lowest BCUT2D eigenvalue weighted by atomic mass is 9.51. The van der Waals surface area contributed by atoms with Gasteiger partial charge in [0.25, 0.3) is 0 Å². The van der Waals surface area contributed by atoms with Gasteiger partial charge in [-0.05, 0) is 48.4 Å². The Bertz CT molecular complexity index is 1120. The van der Waals surface area contributed by atoms with Crippen molar-refractivity contribution >= 4 is 17.7 Å². The highest BCUT2D eigenvalue weighted by molar-refractivity contribution is 5.83. The number of hydrogen-bond acceptors (Lipinski definition) is 3. The van der Waals surface area contributed by atoms with E-state index in [0.717, 1.165) is 35.7 Å². The summed E-state index contributed by atoms with van der Waals surface area (Å²) in [4.78, 5) is 15.4. The van der Waals surface area contributed by atoms with Crippen molar-refractivity contribution in [3.8, 4) is 5.75 Å². The predicted molar refractivity (Wildman–Crippen MR) is 130 cm³/mol. The molecule has 162 valence electrons. The SMILES string of the molecule is CCN(CC)c1ccc2c(c1)OC(=O)[C@H]1[C@@H](/C=C/c3ccccc3)[C@@H](c3ccccc3)[C@H]21. The first kappa shape index (κ1) is 20.6. The number of fused-ring (bicyclic) bond motifs is 3. The maximum absolute atomic E-state index is 13.2. The van der Waals surface area contributed by atoms with Crippen LogP contribution in [-0.4, -0.2) is 19.1 Å². The third-order valence-electron chi connectivity index (χ3n) is 7.07. The Kier molecular flexibility index (Phi) is 5.57. The van der Waals surface area contributed by atoms with Gasteiger partial charge >= 0.3 is 5.97 Å². The molecule has 0 aromatic heterocycles. The number of allylic oxidation sites excluding steroid dienone is 1. The van der Waals surface area contributed by atoms with Gasteiger partial charge in [-0.3, -0.25) is 4.79 Å². The smallest absolute Gasteiger partial charge is 0.315 e. The number of ether oxygens (including phenoxy) is 1. The summed E-state index contributed by atoms with van der Waals surface area (Å²) in [6, 6.07) is 27.3. The summed E-state index contributed by atoms with van der Waals surface area (Å²) < 4.78 is 5.91. The van der Waals surface area contributed by atoms with Gasteiger partial charge in [0.1, 0.15) is 5.75 Å². The van der Waals surface area contributed by atoms with Crippen LogP contribution in [0.15, 0.2) is 84.9 Å². The van der Waals surface area contributed by atoms with E-state index >= 15 is 0 Å². The van der Waals surface area contributed by atoms with E-state index in [2.05, 4.69) is 79.4 Å². The zero-order valence-corrected chi connectivity index (χ0v) is 18.6. The second kappa shape index (κ2) is 8.66.